The number of rotatable bonds is 6. The maximum absolute atomic E-state index is 12.0. The van der Waals surface area contributed by atoms with Gasteiger partial charge in [-0.25, -0.2) is 0 Å². The van der Waals surface area contributed by atoms with Crippen molar-refractivity contribution in [2.24, 2.45) is 5.92 Å². The molecule has 2 fully saturated rings. The van der Waals surface area contributed by atoms with Crippen LogP contribution >= 0.6 is 0 Å². The smallest absolute Gasteiger partial charge is 0.326 e. The Morgan fingerprint density at radius 3 is 2.26 bits per heavy atom. The highest BCUT2D eigenvalue weighted by Crippen LogP contribution is 2.23. The molecular weight excluding hydrogens is 296 g/mol. The molecule has 2 aliphatic carbocycles. The van der Waals surface area contributed by atoms with Crippen molar-refractivity contribution in [2.75, 3.05) is 6.54 Å². The maximum Gasteiger partial charge on any atom is 0.326 e. The molecule has 1 atom stereocenters. The fourth-order valence-electron chi connectivity index (χ4n) is 3.35. The number of nitrogens with one attached hydrogen (secondary N) is 2. The van der Waals surface area contributed by atoms with E-state index in [9.17, 15) is 14.4 Å². The van der Waals surface area contributed by atoms with Gasteiger partial charge in [0.15, 0.2) is 6.10 Å². The molecule has 2 amide bonds. The van der Waals surface area contributed by atoms with Crippen LogP contribution in [0.3, 0.4) is 0 Å². The van der Waals surface area contributed by atoms with Crippen LogP contribution in [0.4, 0.5) is 0 Å². The Morgan fingerprint density at radius 2 is 1.61 bits per heavy atom. The van der Waals surface area contributed by atoms with Gasteiger partial charge in [-0.05, 0) is 32.6 Å². The van der Waals surface area contributed by atoms with Crippen LogP contribution in [-0.2, 0) is 19.1 Å². The molecule has 0 heterocycles. The third-order valence-electron chi connectivity index (χ3n) is 4.76. The Balaban J connectivity index is 1.64. The Kier molecular flexibility index (Phi) is 6.86. The van der Waals surface area contributed by atoms with E-state index in [2.05, 4.69) is 10.6 Å². The van der Waals surface area contributed by atoms with E-state index in [-0.39, 0.29) is 30.3 Å². The largest absolute Gasteiger partial charge is 0.451 e. The van der Waals surface area contributed by atoms with E-state index in [1.54, 1.807) is 6.92 Å². The minimum atomic E-state index is -0.824. The Morgan fingerprint density at radius 1 is 1.00 bits per heavy atom. The normalized spacial score (nSPS) is 20.7. The van der Waals surface area contributed by atoms with Crippen LogP contribution in [0.25, 0.3) is 0 Å². The van der Waals surface area contributed by atoms with E-state index in [0.717, 1.165) is 51.4 Å². The SMILES string of the molecule is C[C@H](OC(=O)CNC(=O)C1CCCCC1)C(=O)NC1CCCC1. The van der Waals surface area contributed by atoms with Crippen LogP contribution in [-0.4, -0.2) is 36.5 Å². The lowest BCUT2D eigenvalue weighted by Crippen LogP contribution is -2.42. The quantitative estimate of drug-likeness (QED) is 0.728. The minimum absolute atomic E-state index is 0.0136. The lowest BCUT2D eigenvalue weighted by atomic mass is 9.89. The first-order chi connectivity index (χ1) is 11.1. The van der Waals surface area contributed by atoms with Crippen LogP contribution in [0.2, 0.25) is 0 Å². The highest BCUT2D eigenvalue weighted by Gasteiger charge is 2.24. The lowest BCUT2D eigenvalue weighted by Gasteiger charge is -2.21. The van der Waals surface area contributed by atoms with Crippen molar-refractivity contribution in [3.8, 4) is 0 Å². The average molecular weight is 324 g/mol. The van der Waals surface area contributed by atoms with Crippen molar-refractivity contribution in [2.45, 2.75) is 76.9 Å². The second kappa shape index (κ2) is 8.89. The number of carbonyl (C=O) groups is 3. The number of hydrogen-bond acceptors (Lipinski definition) is 4. The second-order valence-electron chi connectivity index (χ2n) is 6.67. The zero-order chi connectivity index (χ0) is 16.7. The second-order valence-corrected chi connectivity index (χ2v) is 6.67. The summed E-state index contributed by atoms with van der Waals surface area (Å²) in [7, 11) is 0. The zero-order valence-corrected chi connectivity index (χ0v) is 13.9. The fraction of sp³-hybridized carbons (Fsp3) is 0.824. The molecule has 130 valence electrons. The third-order valence-corrected chi connectivity index (χ3v) is 4.76. The summed E-state index contributed by atoms with van der Waals surface area (Å²) in [5, 5.41) is 5.52. The fourth-order valence-corrected chi connectivity index (χ4v) is 3.35. The van der Waals surface area contributed by atoms with E-state index in [0.29, 0.717) is 0 Å². The summed E-state index contributed by atoms with van der Waals surface area (Å²) >= 11 is 0. The van der Waals surface area contributed by atoms with Crippen LogP contribution in [0.5, 0.6) is 0 Å². The highest BCUT2D eigenvalue weighted by atomic mass is 16.5. The average Bonchev–Trinajstić information content (AvgIpc) is 3.06. The van der Waals surface area contributed by atoms with Gasteiger partial charge < -0.3 is 15.4 Å². The number of esters is 1. The molecule has 0 radical (unpaired) electrons. The molecule has 23 heavy (non-hydrogen) atoms. The predicted molar refractivity (Wildman–Crippen MR) is 85.5 cm³/mol. The summed E-state index contributed by atoms with van der Waals surface area (Å²) < 4.78 is 5.09. The van der Waals surface area contributed by atoms with Crippen LogP contribution in [0.15, 0.2) is 0 Å². The van der Waals surface area contributed by atoms with E-state index in [1.807, 2.05) is 0 Å². The Hall–Kier alpha value is -1.59. The summed E-state index contributed by atoms with van der Waals surface area (Å²) in [6.45, 7) is 1.39. The Bertz CT molecular complexity index is 426. The molecule has 0 aromatic rings. The highest BCUT2D eigenvalue weighted by molar-refractivity contribution is 5.86. The molecule has 0 spiro atoms. The minimum Gasteiger partial charge on any atom is -0.451 e. The molecule has 2 rings (SSSR count). The first-order valence-electron chi connectivity index (χ1n) is 8.84. The van der Waals surface area contributed by atoms with Crippen LogP contribution in [0, 0.1) is 5.92 Å². The third kappa shape index (κ3) is 5.84. The molecular formula is C17H28N2O4. The number of amides is 2. The van der Waals surface area contributed by atoms with Gasteiger partial charge in [-0.15, -0.1) is 0 Å². The van der Waals surface area contributed by atoms with E-state index >= 15 is 0 Å². The number of hydrogen-bond donors (Lipinski definition) is 2. The molecule has 0 unspecified atom stereocenters. The van der Waals surface area contributed by atoms with Crippen molar-refractivity contribution in [3.63, 3.8) is 0 Å². The first-order valence-corrected chi connectivity index (χ1v) is 8.84. The summed E-state index contributed by atoms with van der Waals surface area (Å²) in [6.07, 6.45) is 8.52. The monoisotopic (exact) mass is 324 g/mol. The topological polar surface area (TPSA) is 84.5 Å². The van der Waals surface area contributed by atoms with E-state index < -0.39 is 12.1 Å². The van der Waals surface area contributed by atoms with Gasteiger partial charge in [-0.3, -0.25) is 14.4 Å². The van der Waals surface area contributed by atoms with Gasteiger partial charge in [-0.1, -0.05) is 32.1 Å². The zero-order valence-electron chi connectivity index (χ0n) is 13.9. The molecule has 0 aromatic carbocycles. The number of carbonyl (C=O) groups excluding carboxylic acids is 3. The molecule has 2 N–H and O–H groups in total. The maximum atomic E-state index is 12.0. The van der Waals surface area contributed by atoms with Gasteiger partial charge in [0, 0.05) is 12.0 Å². The van der Waals surface area contributed by atoms with Gasteiger partial charge in [0.05, 0.1) is 0 Å². The molecule has 2 aliphatic rings. The van der Waals surface area contributed by atoms with Crippen molar-refractivity contribution in [1.29, 1.82) is 0 Å². The molecule has 6 nitrogen and oxygen atoms in total. The molecule has 0 saturated heterocycles. The molecule has 6 heteroatoms. The van der Waals surface area contributed by atoms with Crippen LogP contribution in [0.1, 0.15) is 64.7 Å². The Labute approximate surface area is 137 Å². The van der Waals surface area contributed by atoms with Gasteiger partial charge in [0.2, 0.25) is 5.91 Å². The predicted octanol–water partition coefficient (Wildman–Crippen LogP) is 1.67. The standard InChI is InChI=1S/C17H28N2O4/c1-12(16(21)19-14-9-5-6-10-14)23-15(20)11-18-17(22)13-7-3-2-4-8-13/h12-14H,2-11H2,1H3,(H,18,22)(H,19,21)/t12-/m0/s1. The van der Waals surface area contributed by atoms with Gasteiger partial charge in [0.1, 0.15) is 6.54 Å². The van der Waals surface area contributed by atoms with Gasteiger partial charge in [-0.2, -0.15) is 0 Å². The summed E-state index contributed by atoms with van der Waals surface area (Å²) in [4.78, 5) is 35.7. The summed E-state index contributed by atoms with van der Waals surface area (Å²) in [6, 6.07) is 0.203. The van der Waals surface area contributed by atoms with Crippen LogP contribution < -0.4 is 10.6 Å². The molecule has 0 bridgehead atoms. The van der Waals surface area contributed by atoms with Crippen molar-refractivity contribution < 1.29 is 19.1 Å². The summed E-state index contributed by atoms with van der Waals surface area (Å²) in [5.41, 5.74) is 0. The lowest BCUT2D eigenvalue weighted by molar-refractivity contribution is -0.154. The first kappa shape index (κ1) is 17.8. The number of ether oxygens (including phenoxy) is 1. The van der Waals surface area contributed by atoms with E-state index in [4.69, 9.17) is 4.74 Å². The molecule has 2 saturated carbocycles. The van der Waals surface area contributed by atoms with Gasteiger partial charge >= 0.3 is 5.97 Å². The van der Waals surface area contributed by atoms with Crippen molar-refractivity contribution in [3.05, 3.63) is 0 Å². The summed E-state index contributed by atoms with van der Waals surface area (Å²) in [5.74, 6) is -0.892. The van der Waals surface area contributed by atoms with Crippen molar-refractivity contribution >= 4 is 17.8 Å². The van der Waals surface area contributed by atoms with Gasteiger partial charge in [0.25, 0.3) is 5.91 Å². The van der Waals surface area contributed by atoms with E-state index in [1.165, 1.54) is 6.42 Å². The molecule has 0 aliphatic heterocycles. The molecule has 0 aromatic heterocycles. The van der Waals surface area contributed by atoms with Crippen molar-refractivity contribution in [1.82, 2.24) is 10.6 Å².